The first-order valence-corrected chi connectivity index (χ1v) is 9.07. The van der Waals surface area contributed by atoms with Gasteiger partial charge >= 0.3 is 88.9 Å². The Morgan fingerprint density at radius 2 is 1.54 bits per heavy atom. The first-order chi connectivity index (χ1) is 6.38. The van der Waals surface area contributed by atoms with Gasteiger partial charge in [-0.15, -0.1) is 0 Å². The SMILES string of the molecule is CC[O][Bi]([O]CC)[c]1ccccc1. The van der Waals surface area contributed by atoms with E-state index < -0.39 is 22.6 Å². The summed E-state index contributed by atoms with van der Waals surface area (Å²) in [4.78, 5) is 0. The molecule has 0 aliphatic rings. The summed E-state index contributed by atoms with van der Waals surface area (Å²) in [5, 5.41) is 0. The van der Waals surface area contributed by atoms with Gasteiger partial charge in [0.15, 0.2) is 0 Å². The Kier molecular flexibility index (Phi) is 5.53. The van der Waals surface area contributed by atoms with Crippen molar-refractivity contribution in [1.29, 1.82) is 0 Å². The summed E-state index contributed by atoms with van der Waals surface area (Å²) < 4.78 is 12.6. The molecule has 0 fully saturated rings. The molecule has 0 atom stereocenters. The van der Waals surface area contributed by atoms with Crippen molar-refractivity contribution < 1.29 is 5.63 Å². The Morgan fingerprint density at radius 3 is 2.00 bits per heavy atom. The summed E-state index contributed by atoms with van der Waals surface area (Å²) in [5.74, 6) is 0. The van der Waals surface area contributed by atoms with Crippen LogP contribution in [0, 0.1) is 0 Å². The molecule has 0 saturated heterocycles. The molecule has 3 heteroatoms. The summed E-state index contributed by atoms with van der Waals surface area (Å²) in [6, 6.07) is 10.3. The summed E-state index contributed by atoms with van der Waals surface area (Å²) in [5.41, 5.74) is 0. The maximum absolute atomic E-state index is 5.65. The van der Waals surface area contributed by atoms with Crippen molar-refractivity contribution in [3.63, 3.8) is 0 Å². The van der Waals surface area contributed by atoms with Crippen LogP contribution in [0.15, 0.2) is 30.3 Å². The van der Waals surface area contributed by atoms with Gasteiger partial charge in [0.05, 0.1) is 0 Å². The van der Waals surface area contributed by atoms with Gasteiger partial charge < -0.3 is 0 Å². The van der Waals surface area contributed by atoms with E-state index in [-0.39, 0.29) is 0 Å². The molecule has 0 bridgehead atoms. The van der Waals surface area contributed by atoms with E-state index in [9.17, 15) is 0 Å². The van der Waals surface area contributed by atoms with E-state index in [1.807, 2.05) is 32.0 Å². The molecule has 1 aromatic rings. The van der Waals surface area contributed by atoms with Gasteiger partial charge in [0.25, 0.3) is 0 Å². The average molecular weight is 376 g/mol. The minimum atomic E-state index is -2.24. The van der Waals surface area contributed by atoms with Crippen LogP contribution in [-0.4, -0.2) is 35.8 Å². The molecule has 1 rings (SSSR count). The van der Waals surface area contributed by atoms with E-state index in [4.69, 9.17) is 5.63 Å². The molecular weight excluding hydrogens is 361 g/mol. The van der Waals surface area contributed by atoms with Crippen molar-refractivity contribution in [2.75, 3.05) is 13.2 Å². The van der Waals surface area contributed by atoms with Gasteiger partial charge in [0.1, 0.15) is 0 Å². The van der Waals surface area contributed by atoms with E-state index in [1.54, 1.807) is 0 Å². The van der Waals surface area contributed by atoms with Crippen molar-refractivity contribution in [3.8, 4) is 0 Å². The fourth-order valence-corrected chi connectivity index (χ4v) is 5.86. The fraction of sp³-hybridized carbons (Fsp3) is 0.400. The van der Waals surface area contributed by atoms with Crippen LogP contribution in [0.5, 0.6) is 0 Å². The second kappa shape index (κ2) is 6.47. The van der Waals surface area contributed by atoms with Gasteiger partial charge in [-0.25, -0.2) is 0 Å². The predicted octanol–water partition coefficient (Wildman–Crippen LogP) is 1.45. The normalized spacial score (nSPS) is 10.7. The second-order valence-electron chi connectivity index (χ2n) is 2.43. The molecular formula is C10H15BiO2. The molecule has 0 N–H and O–H groups in total. The predicted molar refractivity (Wildman–Crippen MR) is 55.1 cm³/mol. The van der Waals surface area contributed by atoms with Crippen molar-refractivity contribution in [3.05, 3.63) is 30.3 Å². The fourth-order valence-electron chi connectivity index (χ4n) is 0.971. The van der Waals surface area contributed by atoms with Crippen LogP contribution >= 0.6 is 0 Å². The van der Waals surface area contributed by atoms with Crippen LogP contribution in [0.1, 0.15) is 13.8 Å². The van der Waals surface area contributed by atoms with Crippen molar-refractivity contribution in [2.45, 2.75) is 13.8 Å². The zero-order valence-corrected chi connectivity index (χ0v) is 11.5. The van der Waals surface area contributed by atoms with Gasteiger partial charge in [-0.1, -0.05) is 0 Å². The van der Waals surface area contributed by atoms with Gasteiger partial charge in [-0.2, -0.15) is 0 Å². The summed E-state index contributed by atoms with van der Waals surface area (Å²) >= 11 is -2.24. The van der Waals surface area contributed by atoms with Crippen LogP contribution < -0.4 is 3.27 Å². The summed E-state index contributed by atoms with van der Waals surface area (Å²) in [6.07, 6.45) is 0. The molecule has 0 radical (unpaired) electrons. The van der Waals surface area contributed by atoms with E-state index >= 15 is 0 Å². The summed E-state index contributed by atoms with van der Waals surface area (Å²) in [7, 11) is 0. The Morgan fingerprint density at radius 1 is 1.00 bits per heavy atom. The third-order valence-electron chi connectivity index (χ3n) is 1.46. The Bertz CT molecular complexity index is 220. The number of rotatable bonds is 5. The van der Waals surface area contributed by atoms with Gasteiger partial charge in [-0.05, 0) is 0 Å². The van der Waals surface area contributed by atoms with Crippen LogP contribution in [0.4, 0.5) is 0 Å². The molecule has 2 nitrogen and oxygen atoms in total. The molecule has 0 aliphatic heterocycles. The topological polar surface area (TPSA) is 18.5 Å². The van der Waals surface area contributed by atoms with Gasteiger partial charge in [0, 0.05) is 0 Å². The number of hydrogen-bond acceptors (Lipinski definition) is 2. The zero-order valence-electron chi connectivity index (χ0n) is 8.06. The molecule has 72 valence electrons. The third kappa shape index (κ3) is 3.72. The minimum absolute atomic E-state index is 0.757. The average Bonchev–Trinajstić information content (AvgIpc) is 2.19. The molecule has 0 spiro atoms. The van der Waals surface area contributed by atoms with Gasteiger partial charge in [-0.3, -0.25) is 0 Å². The van der Waals surface area contributed by atoms with Crippen LogP contribution in [0.2, 0.25) is 0 Å². The molecule has 1 aromatic carbocycles. The van der Waals surface area contributed by atoms with Crippen LogP contribution in [-0.2, 0) is 5.63 Å². The monoisotopic (exact) mass is 376 g/mol. The number of benzene rings is 1. The van der Waals surface area contributed by atoms with E-state index in [0.29, 0.717) is 0 Å². The quantitative estimate of drug-likeness (QED) is 0.725. The third-order valence-corrected chi connectivity index (χ3v) is 8.09. The van der Waals surface area contributed by atoms with E-state index in [2.05, 4.69) is 12.1 Å². The van der Waals surface area contributed by atoms with E-state index in [0.717, 1.165) is 13.2 Å². The van der Waals surface area contributed by atoms with Gasteiger partial charge in [0.2, 0.25) is 0 Å². The number of hydrogen-bond donors (Lipinski definition) is 0. The maximum atomic E-state index is 5.65. The molecule has 13 heavy (non-hydrogen) atoms. The molecule has 0 unspecified atom stereocenters. The molecule has 0 heterocycles. The van der Waals surface area contributed by atoms with E-state index in [1.165, 1.54) is 3.27 Å². The van der Waals surface area contributed by atoms with Crippen molar-refractivity contribution >= 4 is 25.9 Å². The summed E-state index contributed by atoms with van der Waals surface area (Å²) in [6.45, 7) is 5.55. The molecule has 0 aliphatic carbocycles. The van der Waals surface area contributed by atoms with Crippen molar-refractivity contribution in [1.82, 2.24) is 0 Å². The Hall–Kier alpha value is 0.0231. The van der Waals surface area contributed by atoms with Crippen LogP contribution in [0.25, 0.3) is 0 Å². The first kappa shape index (κ1) is 11.1. The van der Waals surface area contributed by atoms with Crippen molar-refractivity contribution in [2.24, 2.45) is 0 Å². The molecule has 0 aromatic heterocycles. The molecule has 0 saturated carbocycles. The first-order valence-electron chi connectivity index (χ1n) is 4.49. The Balaban J connectivity index is 2.64. The standard InChI is InChI=1S/C6H5.2C2H5O.Bi/c1-2-4-6-5-3-1;2*1-2-3;/h1-5H;2*2H2,1H3;/q;2*-1;+2. The molecule has 0 amide bonds. The zero-order chi connectivity index (χ0) is 9.52. The second-order valence-corrected chi connectivity index (χ2v) is 8.44. The van der Waals surface area contributed by atoms with Crippen LogP contribution in [0.3, 0.4) is 0 Å². The Labute approximate surface area is 88.8 Å².